The van der Waals surface area contributed by atoms with Crippen LogP contribution in [0.2, 0.25) is 5.02 Å². The summed E-state index contributed by atoms with van der Waals surface area (Å²) in [6, 6.07) is 10.3. The zero-order valence-corrected chi connectivity index (χ0v) is 17.4. The van der Waals surface area contributed by atoms with E-state index in [-0.39, 0.29) is 36.9 Å². The number of aromatic nitrogens is 1. The molecule has 1 aromatic heterocycles. The van der Waals surface area contributed by atoms with Gasteiger partial charge in [0.25, 0.3) is 11.8 Å². The second-order valence-corrected chi connectivity index (χ2v) is 8.55. The Kier molecular flexibility index (Phi) is 5.11. The van der Waals surface area contributed by atoms with Crippen molar-refractivity contribution in [3.05, 3.63) is 58.9 Å². The Morgan fingerprint density at radius 2 is 2.16 bits per heavy atom. The number of rotatable bonds is 5. The number of carbonyl (C=O) groups excluding carboxylic acids is 1. The molecule has 0 radical (unpaired) electrons. The first-order valence-corrected chi connectivity index (χ1v) is 10.5. The van der Waals surface area contributed by atoms with Crippen LogP contribution in [0, 0.1) is 5.92 Å². The van der Waals surface area contributed by atoms with Crippen LogP contribution in [0.25, 0.3) is 0 Å². The van der Waals surface area contributed by atoms with E-state index < -0.39 is 17.4 Å². The lowest BCUT2D eigenvalue weighted by Gasteiger charge is -2.41. The molecule has 164 valence electrons. The highest BCUT2D eigenvalue weighted by Gasteiger charge is 2.57. The summed E-state index contributed by atoms with van der Waals surface area (Å²) < 4.78 is 43.2. The predicted molar refractivity (Wildman–Crippen MR) is 107 cm³/mol. The van der Waals surface area contributed by atoms with Crippen molar-refractivity contribution in [3.63, 3.8) is 0 Å². The summed E-state index contributed by atoms with van der Waals surface area (Å²) in [5, 5.41) is 0.218. The maximum Gasteiger partial charge on any atom is 0.255 e. The lowest BCUT2D eigenvalue weighted by molar-refractivity contribution is -0.0470. The molecule has 0 bridgehead atoms. The largest absolute Gasteiger partial charge is 0.492 e. The number of hydrogen-bond donors (Lipinski definition) is 0. The number of ether oxygens (including phenoxy) is 3. The van der Waals surface area contributed by atoms with E-state index in [4.69, 9.17) is 25.8 Å². The highest BCUT2D eigenvalue weighted by Crippen LogP contribution is 2.49. The second-order valence-electron chi connectivity index (χ2n) is 8.14. The normalized spacial score (nSPS) is 28.8. The van der Waals surface area contributed by atoms with Crippen LogP contribution in [0.5, 0.6) is 5.75 Å². The molecule has 2 aromatic rings. The number of fused-ring (bicyclic) bond motifs is 1. The summed E-state index contributed by atoms with van der Waals surface area (Å²) in [6.07, 6.45) is 1.79. The quantitative estimate of drug-likeness (QED) is 0.691. The number of benzene rings is 1. The first kappa shape index (κ1) is 20.6. The van der Waals surface area contributed by atoms with E-state index in [0.29, 0.717) is 30.8 Å². The SMILES string of the molecule is O=C(c1ccc(OCC2CC2(F)F)c(Cl)c1)N1CCC2(c3ccccn3)OCOC2C1. The number of pyridine rings is 1. The highest BCUT2D eigenvalue weighted by molar-refractivity contribution is 6.32. The summed E-state index contributed by atoms with van der Waals surface area (Å²) in [5.74, 6) is -3.31. The number of alkyl halides is 2. The molecule has 3 unspecified atom stereocenters. The molecule has 6 nitrogen and oxygen atoms in total. The maximum absolute atomic E-state index is 13.1. The molecule has 31 heavy (non-hydrogen) atoms. The predicted octanol–water partition coefficient (Wildman–Crippen LogP) is 3.88. The van der Waals surface area contributed by atoms with E-state index >= 15 is 0 Å². The third-order valence-corrected chi connectivity index (χ3v) is 6.50. The minimum atomic E-state index is -2.65. The molecule has 3 heterocycles. The maximum atomic E-state index is 13.1. The second kappa shape index (κ2) is 7.69. The fourth-order valence-electron chi connectivity index (χ4n) is 4.21. The minimum Gasteiger partial charge on any atom is -0.492 e. The van der Waals surface area contributed by atoms with E-state index in [1.54, 1.807) is 23.2 Å². The molecular weight excluding hydrogens is 430 g/mol. The molecule has 1 amide bonds. The minimum absolute atomic E-state index is 0.0965. The lowest BCUT2D eigenvalue weighted by Crippen LogP contribution is -2.53. The van der Waals surface area contributed by atoms with Crippen molar-refractivity contribution in [2.75, 3.05) is 26.5 Å². The van der Waals surface area contributed by atoms with E-state index in [9.17, 15) is 13.6 Å². The number of hydrogen-bond acceptors (Lipinski definition) is 5. The Balaban J connectivity index is 1.26. The van der Waals surface area contributed by atoms with Crippen molar-refractivity contribution in [1.29, 1.82) is 0 Å². The zero-order valence-electron chi connectivity index (χ0n) is 16.6. The number of carbonyl (C=O) groups is 1. The summed E-state index contributed by atoms with van der Waals surface area (Å²) >= 11 is 6.24. The van der Waals surface area contributed by atoms with Crippen LogP contribution in [-0.2, 0) is 15.1 Å². The van der Waals surface area contributed by atoms with Gasteiger partial charge in [0.1, 0.15) is 24.2 Å². The van der Waals surface area contributed by atoms with Crippen molar-refractivity contribution in [3.8, 4) is 5.75 Å². The van der Waals surface area contributed by atoms with Gasteiger partial charge in [-0.15, -0.1) is 0 Å². The van der Waals surface area contributed by atoms with Crippen LogP contribution < -0.4 is 4.74 Å². The van der Waals surface area contributed by atoms with Gasteiger partial charge >= 0.3 is 0 Å². The van der Waals surface area contributed by atoms with Crippen LogP contribution in [-0.4, -0.2) is 54.3 Å². The van der Waals surface area contributed by atoms with Crippen LogP contribution in [0.1, 0.15) is 28.9 Å². The van der Waals surface area contributed by atoms with E-state index in [1.807, 2.05) is 18.2 Å². The fraction of sp³-hybridized carbons (Fsp3) is 0.455. The van der Waals surface area contributed by atoms with E-state index in [1.165, 1.54) is 6.07 Å². The fourth-order valence-corrected chi connectivity index (χ4v) is 4.45. The van der Waals surface area contributed by atoms with Gasteiger partial charge in [-0.2, -0.15) is 0 Å². The Morgan fingerprint density at radius 1 is 1.32 bits per heavy atom. The van der Waals surface area contributed by atoms with Crippen molar-refractivity contribution in [2.24, 2.45) is 5.92 Å². The van der Waals surface area contributed by atoms with E-state index in [0.717, 1.165) is 5.69 Å². The van der Waals surface area contributed by atoms with Crippen LogP contribution in [0.15, 0.2) is 42.6 Å². The molecule has 2 aliphatic heterocycles. The monoisotopic (exact) mass is 450 g/mol. The number of halogens is 3. The van der Waals surface area contributed by atoms with Crippen molar-refractivity contribution in [1.82, 2.24) is 9.88 Å². The zero-order chi connectivity index (χ0) is 21.6. The molecule has 1 aromatic carbocycles. The van der Waals surface area contributed by atoms with Crippen molar-refractivity contribution < 1.29 is 27.8 Å². The molecule has 3 atom stereocenters. The number of nitrogens with zero attached hydrogens (tertiary/aromatic N) is 2. The molecule has 1 saturated carbocycles. The summed E-state index contributed by atoms with van der Waals surface area (Å²) in [5.41, 5.74) is 0.548. The van der Waals surface area contributed by atoms with Gasteiger partial charge in [-0.05, 0) is 30.3 Å². The average Bonchev–Trinajstić information content (AvgIpc) is 3.18. The highest BCUT2D eigenvalue weighted by atomic mass is 35.5. The molecule has 2 saturated heterocycles. The van der Waals surface area contributed by atoms with Crippen molar-refractivity contribution in [2.45, 2.75) is 30.5 Å². The first-order valence-electron chi connectivity index (χ1n) is 10.2. The molecule has 5 rings (SSSR count). The Labute approximate surface area is 183 Å². The van der Waals surface area contributed by atoms with Crippen LogP contribution in [0.4, 0.5) is 8.78 Å². The van der Waals surface area contributed by atoms with E-state index in [2.05, 4.69) is 4.98 Å². The number of likely N-dealkylation sites (tertiary alicyclic amines) is 1. The Morgan fingerprint density at radius 3 is 2.87 bits per heavy atom. The number of piperidine rings is 1. The third-order valence-electron chi connectivity index (χ3n) is 6.21. The summed E-state index contributed by atoms with van der Waals surface area (Å²) in [7, 11) is 0. The van der Waals surface area contributed by atoms with Gasteiger partial charge in [-0.3, -0.25) is 9.78 Å². The smallest absolute Gasteiger partial charge is 0.255 e. The molecular formula is C22H21ClF2N2O4. The topological polar surface area (TPSA) is 60.9 Å². The molecule has 3 fully saturated rings. The van der Waals surface area contributed by atoms with Gasteiger partial charge in [0.2, 0.25) is 0 Å². The molecule has 3 aliphatic rings. The van der Waals surface area contributed by atoms with Gasteiger partial charge in [-0.1, -0.05) is 17.7 Å². The lowest BCUT2D eigenvalue weighted by atomic mass is 9.85. The van der Waals surface area contributed by atoms with Crippen LogP contribution >= 0.6 is 11.6 Å². The summed E-state index contributed by atoms with van der Waals surface area (Å²) in [6.45, 7) is 0.895. The third kappa shape index (κ3) is 3.77. The number of amides is 1. The summed E-state index contributed by atoms with van der Waals surface area (Å²) in [4.78, 5) is 19.2. The van der Waals surface area contributed by atoms with Gasteiger partial charge < -0.3 is 19.1 Å². The van der Waals surface area contributed by atoms with Gasteiger partial charge in [0.15, 0.2) is 0 Å². The average molecular weight is 451 g/mol. The standard InChI is InChI=1S/C22H21ClF2N2O4/c23-16-9-14(4-5-17(16)29-12-15-10-22(15,24)25)20(28)27-8-6-21(18-3-1-2-7-26-18)19(11-27)30-13-31-21/h1-5,7,9,15,19H,6,8,10-13H2. The molecule has 0 N–H and O–H groups in total. The Bertz CT molecular complexity index is 993. The van der Waals surface area contributed by atoms with Gasteiger partial charge in [0.05, 0.1) is 29.8 Å². The van der Waals surface area contributed by atoms with Gasteiger partial charge in [0, 0.05) is 31.1 Å². The molecule has 9 heteroatoms. The Hall–Kier alpha value is -2.29. The molecule has 1 aliphatic carbocycles. The molecule has 0 spiro atoms. The first-order chi connectivity index (χ1) is 14.9. The van der Waals surface area contributed by atoms with Gasteiger partial charge in [-0.25, -0.2) is 8.78 Å². The van der Waals surface area contributed by atoms with Crippen molar-refractivity contribution >= 4 is 17.5 Å². The van der Waals surface area contributed by atoms with Crippen LogP contribution in [0.3, 0.4) is 0 Å².